The maximum atomic E-state index is 9.92. The zero-order chi connectivity index (χ0) is 58.9. The third-order valence-corrected chi connectivity index (χ3v) is 9.45. The summed E-state index contributed by atoms with van der Waals surface area (Å²) in [6.07, 6.45) is 0. The third kappa shape index (κ3) is 4.11. The Kier molecular flexibility index (Phi) is 2.69. The van der Waals surface area contributed by atoms with Crippen LogP contribution in [0.4, 0.5) is 0 Å². The van der Waals surface area contributed by atoms with Crippen LogP contribution in [-0.4, -0.2) is 0 Å². The molecule has 0 amide bonds. The van der Waals surface area contributed by atoms with E-state index in [-0.39, 0.29) is 27.6 Å². The largest absolute Gasteiger partial charge is 0.456 e. The molecule has 0 spiro atoms. The SMILES string of the molecule is [2H]c1c([2H])c([2H])c2c(c1[2H])-c1c([2H])c(-c3c4c([2H])c([2H])c([2H])c([2H])c4c(-c4c([2H])c([2H])c(-c5c([2H])c([2H])c6oc7c([2H])c([2H])c8c([2H])c([2H])c([2H])c([2H])c8c7c6c5[2H])c([2H])c4[2H])c4c([2H])c([2H])c([2H])c([2H])c34)c([2H])c([2H])c1C2(C)C. The molecule has 52 heavy (non-hydrogen) atoms. The van der Waals surface area contributed by atoms with Crippen LogP contribution < -0.4 is 0 Å². The molecule has 0 bridgehead atoms. The number of benzene rings is 9. The van der Waals surface area contributed by atoms with E-state index in [9.17, 15) is 17.8 Å². The van der Waals surface area contributed by atoms with Gasteiger partial charge < -0.3 is 4.42 Å². The van der Waals surface area contributed by atoms with Gasteiger partial charge in [-0.2, -0.15) is 0 Å². The topological polar surface area (TPSA) is 13.1 Å². The van der Waals surface area contributed by atoms with Crippen molar-refractivity contribution < 1.29 is 42.8 Å². The van der Waals surface area contributed by atoms with E-state index in [1.165, 1.54) is 13.8 Å². The first-order valence-corrected chi connectivity index (χ1v) is 15.9. The quantitative estimate of drug-likeness (QED) is 0.168. The predicted molar refractivity (Wildman–Crippen MR) is 220 cm³/mol. The molecule has 0 radical (unpaired) electrons. The highest BCUT2D eigenvalue weighted by molar-refractivity contribution is 6.22. The second-order valence-corrected chi connectivity index (χ2v) is 12.6. The van der Waals surface area contributed by atoms with Crippen LogP contribution in [0.15, 0.2) is 174 Å². The van der Waals surface area contributed by atoms with E-state index in [0.29, 0.717) is 0 Å². The molecule has 1 aromatic heterocycles. The maximum absolute atomic E-state index is 9.92. The van der Waals surface area contributed by atoms with Gasteiger partial charge in [-0.15, -0.1) is 0 Å². The van der Waals surface area contributed by atoms with Crippen LogP contribution in [0.1, 0.15) is 63.4 Å². The van der Waals surface area contributed by atoms with Crippen molar-refractivity contribution in [3.05, 3.63) is 180 Å². The minimum absolute atomic E-state index is 0.0288. The van der Waals surface area contributed by atoms with Crippen molar-refractivity contribution in [2.45, 2.75) is 19.3 Å². The van der Waals surface area contributed by atoms with Gasteiger partial charge in [-0.25, -0.2) is 0 Å². The summed E-state index contributed by atoms with van der Waals surface area (Å²) in [7, 11) is 0. The lowest BCUT2D eigenvalue weighted by atomic mass is 9.81. The molecule has 0 aliphatic heterocycles. The van der Waals surface area contributed by atoms with Crippen molar-refractivity contribution in [3.8, 4) is 44.5 Å². The molecular formula is C51H34O. The fourth-order valence-corrected chi connectivity index (χ4v) is 7.05. The first-order valence-electron chi connectivity index (χ1n) is 29.9. The molecule has 11 rings (SSSR count). The van der Waals surface area contributed by atoms with Crippen LogP contribution in [0.2, 0.25) is 0 Å². The summed E-state index contributed by atoms with van der Waals surface area (Å²) in [5, 5.41) is -4.49. The van der Waals surface area contributed by atoms with Crippen LogP contribution in [0.5, 0.6) is 0 Å². The molecule has 1 nitrogen and oxygen atoms in total. The minimum atomic E-state index is -1.46. The predicted octanol–water partition coefficient (Wildman–Crippen LogP) is 14.4. The second kappa shape index (κ2) is 10.8. The third-order valence-electron chi connectivity index (χ3n) is 9.45. The van der Waals surface area contributed by atoms with Crippen molar-refractivity contribution in [1.29, 1.82) is 0 Å². The fraction of sp³-hybridized carbons (Fsp3) is 0.0588. The standard InChI is InChI=1S/C51H34O/c1-51(2)44-18-10-9-13-37(44)42-30-35(23-26-45(42)51)49-40-16-7-5-14-38(40)48(39-15-6-8-17-41(39)49)33-21-19-31(20-22-33)34-25-27-46-43(29-34)50-36-12-4-3-11-32(36)24-28-47(50)52-46/h3-30H,1-2H3/i3D,4D,5D,6D,7D,8D,9D,10D,11D,12D,13D,14D,15D,16D,17D,18D,19D,20D,21D,22D,23D,24D,25D,26D,27D,28D,29D,30D. The Hall–Kier alpha value is -6.44. The smallest absolute Gasteiger partial charge is 0.136 e. The van der Waals surface area contributed by atoms with Crippen LogP contribution in [0, 0.1) is 0 Å². The highest BCUT2D eigenvalue weighted by Crippen LogP contribution is 2.51. The van der Waals surface area contributed by atoms with Crippen molar-refractivity contribution in [3.63, 3.8) is 0 Å². The first kappa shape index (κ1) is 13.0. The summed E-state index contributed by atoms with van der Waals surface area (Å²) in [5.74, 6) is 0. The molecule has 1 heteroatoms. The van der Waals surface area contributed by atoms with Crippen LogP contribution >= 0.6 is 0 Å². The lowest BCUT2D eigenvalue weighted by Gasteiger charge is -2.22. The molecule has 0 unspecified atom stereocenters. The lowest BCUT2D eigenvalue weighted by molar-refractivity contribution is 0.660. The van der Waals surface area contributed by atoms with Gasteiger partial charge in [0.15, 0.2) is 0 Å². The van der Waals surface area contributed by atoms with Crippen LogP contribution in [0.25, 0.3) is 98.8 Å². The monoisotopic (exact) mass is 690 g/mol. The Balaban J connectivity index is 1.32. The molecule has 0 atom stereocenters. The molecule has 1 aliphatic carbocycles. The van der Waals surface area contributed by atoms with Gasteiger partial charge in [-0.1, -0.05) is 159 Å². The van der Waals surface area contributed by atoms with Gasteiger partial charge in [0.25, 0.3) is 0 Å². The van der Waals surface area contributed by atoms with Crippen LogP contribution in [-0.2, 0) is 5.41 Å². The van der Waals surface area contributed by atoms with E-state index in [0.717, 1.165) is 0 Å². The summed E-state index contributed by atoms with van der Waals surface area (Å²) in [5.41, 5.74) is -7.64. The Morgan fingerprint density at radius 1 is 0.404 bits per heavy atom. The van der Waals surface area contributed by atoms with Gasteiger partial charge in [0, 0.05) is 16.2 Å². The molecule has 0 fully saturated rings. The van der Waals surface area contributed by atoms with Crippen molar-refractivity contribution >= 4 is 54.3 Å². The molecule has 0 saturated heterocycles. The second-order valence-electron chi connectivity index (χ2n) is 12.6. The van der Waals surface area contributed by atoms with Gasteiger partial charge in [0.2, 0.25) is 0 Å². The Morgan fingerprint density at radius 2 is 0.942 bits per heavy atom. The van der Waals surface area contributed by atoms with E-state index in [1.807, 2.05) is 0 Å². The summed E-state index contributed by atoms with van der Waals surface area (Å²) >= 11 is 0. The zero-order valence-electron chi connectivity index (χ0n) is 54.9. The van der Waals surface area contributed by atoms with Gasteiger partial charge in [-0.3, -0.25) is 0 Å². The van der Waals surface area contributed by atoms with E-state index >= 15 is 0 Å². The molecule has 10 aromatic rings. The number of furan rings is 1. The summed E-state index contributed by atoms with van der Waals surface area (Å²) < 4.78 is 262. The average molecular weight is 691 g/mol. The van der Waals surface area contributed by atoms with E-state index < -0.39 is 257 Å². The molecule has 1 aliphatic rings. The van der Waals surface area contributed by atoms with E-state index in [4.69, 9.17) is 25.0 Å². The summed E-state index contributed by atoms with van der Waals surface area (Å²) in [4.78, 5) is 0. The zero-order valence-corrected chi connectivity index (χ0v) is 26.9. The molecule has 0 N–H and O–H groups in total. The number of fused-ring (bicyclic) bond motifs is 10. The first-order chi connectivity index (χ1) is 37.2. The molecule has 1 heterocycles. The number of hydrogen-bond donors (Lipinski definition) is 0. The highest BCUT2D eigenvalue weighted by atomic mass is 16.3. The number of hydrogen-bond acceptors (Lipinski definition) is 1. The van der Waals surface area contributed by atoms with E-state index in [1.54, 1.807) is 0 Å². The Labute approximate surface area is 341 Å². The van der Waals surface area contributed by atoms with Crippen molar-refractivity contribution in [2.24, 2.45) is 0 Å². The highest BCUT2D eigenvalue weighted by Gasteiger charge is 2.35. The van der Waals surface area contributed by atoms with Gasteiger partial charge in [0.05, 0.1) is 38.4 Å². The van der Waals surface area contributed by atoms with Gasteiger partial charge in [-0.05, 0) is 112 Å². The molecule has 0 saturated carbocycles. The van der Waals surface area contributed by atoms with Crippen molar-refractivity contribution in [2.75, 3.05) is 0 Å². The lowest BCUT2D eigenvalue weighted by Crippen LogP contribution is -2.14. The molecule has 9 aromatic carbocycles. The maximum Gasteiger partial charge on any atom is 0.136 e. The molecule has 244 valence electrons. The fourth-order valence-electron chi connectivity index (χ4n) is 7.05. The van der Waals surface area contributed by atoms with Crippen molar-refractivity contribution in [1.82, 2.24) is 0 Å². The van der Waals surface area contributed by atoms with Crippen LogP contribution in [0.3, 0.4) is 0 Å². The average Bonchev–Trinajstić information content (AvgIpc) is 3.47. The molecular weight excluding hydrogens is 629 g/mol. The van der Waals surface area contributed by atoms with E-state index in [2.05, 4.69) is 0 Å². The number of rotatable bonds is 3. The summed E-state index contributed by atoms with van der Waals surface area (Å²) in [6.45, 7) is 3.06. The Bertz CT molecular complexity index is 4600. The summed E-state index contributed by atoms with van der Waals surface area (Å²) in [6, 6.07) is -23.7. The normalized spacial score (nSPS) is 20.9. The minimum Gasteiger partial charge on any atom is -0.456 e. The van der Waals surface area contributed by atoms with Gasteiger partial charge >= 0.3 is 0 Å². The van der Waals surface area contributed by atoms with Gasteiger partial charge in [0.1, 0.15) is 11.2 Å². The Morgan fingerprint density at radius 3 is 1.67 bits per heavy atom.